The Bertz CT molecular complexity index is 656. The minimum Gasteiger partial charge on any atom is -0.477 e. The van der Waals surface area contributed by atoms with E-state index in [4.69, 9.17) is 5.11 Å². The summed E-state index contributed by atoms with van der Waals surface area (Å²) >= 11 is 6.47. The third-order valence-electron chi connectivity index (χ3n) is 2.23. The van der Waals surface area contributed by atoms with Crippen molar-refractivity contribution < 1.29 is 14.7 Å². The van der Waals surface area contributed by atoms with Crippen LogP contribution in [0.4, 0.5) is 5.00 Å². The molecular formula is C12H7BrINO3S. The zero-order valence-corrected chi connectivity index (χ0v) is 13.9. The highest BCUT2D eigenvalue weighted by Crippen LogP contribution is 2.25. The Morgan fingerprint density at radius 1 is 1.26 bits per heavy atom. The summed E-state index contributed by atoms with van der Waals surface area (Å²) in [6.45, 7) is 0. The van der Waals surface area contributed by atoms with Crippen molar-refractivity contribution in [3.05, 3.63) is 48.8 Å². The van der Waals surface area contributed by atoms with E-state index in [0.29, 0.717) is 15.0 Å². The van der Waals surface area contributed by atoms with Crippen molar-refractivity contribution in [2.24, 2.45) is 0 Å². The summed E-state index contributed by atoms with van der Waals surface area (Å²) in [4.78, 5) is 23.0. The maximum absolute atomic E-state index is 12.1. The van der Waals surface area contributed by atoms with Gasteiger partial charge in [-0.2, -0.15) is 0 Å². The number of carboxylic acid groups (broad SMARTS) is 1. The van der Waals surface area contributed by atoms with Crippen LogP contribution in [0.25, 0.3) is 0 Å². The summed E-state index contributed by atoms with van der Waals surface area (Å²) in [6, 6.07) is 8.48. The van der Waals surface area contributed by atoms with Crippen LogP contribution in [0.5, 0.6) is 0 Å². The summed E-state index contributed by atoms with van der Waals surface area (Å²) in [6.07, 6.45) is 0. The molecule has 0 aliphatic carbocycles. The van der Waals surface area contributed by atoms with Gasteiger partial charge >= 0.3 is 5.97 Å². The lowest BCUT2D eigenvalue weighted by Crippen LogP contribution is -2.11. The second-order valence-corrected chi connectivity index (χ2v) is 6.73. The van der Waals surface area contributed by atoms with Gasteiger partial charge in [-0.15, -0.1) is 11.3 Å². The molecule has 1 aromatic heterocycles. The third-order valence-corrected chi connectivity index (χ3v) is 4.58. The van der Waals surface area contributed by atoms with Crippen molar-refractivity contribution >= 4 is 66.7 Å². The lowest BCUT2D eigenvalue weighted by Gasteiger charge is -2.05. The number of rotatable bonds is 3. The molecule has 0 aliphatic heterocycles. The maximum atomic E-state index is 12.1. The first-order valence-corrected chi connectivity index (χ1v) is 7.76. The standard InChI is InChI=1S/C12H7BrINO3S/c13-8-2-1-6(14)5-7(8)11(16)15-10-4-3-9(19-10)12(17)18/h1-5H,(H,15,16)(H,17,18). The molecule has 2 aromatic rings. The van der Waals surface area contributed by atoms with Crippen LogP contribution in [0.2, 0.25) is 0 Å². The van der Waals surface area contributed by atoms with Crippen LogP contribution < -0.4 is 5.32 Å². The van der Waals surface area contributed by atoms with Gasteiger partial charge in [-0.25, -0.2) is 4.79 Å². The minimum absolute atomic E-state index is 0.192. The molecule has 98 valence electrons. The molecule has 0 saturated heterocycles. The Labute approximate surface area is 135 Å². The molecule has 1 heterocycles. The number of benzene rings is 1. The van der Waals surface area contributed by atoms with E-state index >= 15 is 0 Å². The number of halogens is 2. The molecule has 4 nitrogen and oxygen atoms in total. The van der Waals surface area contributed by atoms with Gasteiger partial charge in [0, 0.05) is 8.04 Å². The highest BCUT2D eigenvalue weighted by molar-refractivity contribution is 14.1. The average Bonchev–Trinajstić information content (AvgIpc) is 2.80. The van der Waals surface area contributed by atoms with Gasteiger partial charge in [-0.1, -0.05) is 0 Å². The Kier molecular flexibility index (Phi) is 4.58. The summed E-state index contributed by atoms with van der Waals surface area (Å²) < 4.78 is 1.64. The lowest BCUT2D eigenvalue weighted by atomic mass is 10.2. The van der Waals surface area contributed by atoms with E-state index in [1.165, 1.54) is 6.07 Å². The quantitative estimate of drug-likeness (QED) is 0.691. The average molecular weight is 452 g/mol. The Hall–Kier alpha value is -0.930. The van der Waals surface area contributed by atoms with Crippen LogP contribution in [-0.2, 0) is 0 Å². The number of hydrogen-bond acceptors (Lipinski definition) is 3. The summed E-state index contributed by atoms with van der Waals surface area (Å²) in [5, 5.41) is 12.0. The molecular weight excluding hydrogens is 445 g/mol. The van der Waals surface area contributed by atoms with E-state index in [1.807, 2.05) is 6.07 Å². The van der Waals surface area contributed by atoms with Crippen LogP contribution in [-0.4, -0.2) is 17.0 Å². The van der Waals surface area contributed by atoms with E-state index in [1.54, 1.807) is 18.2 Å². The Balaban J connectivity index is 2.20. The first-order valence-electron chi connectivity index (χ1n) is 5.07. The SMILES string of the molecule is O=C(O)c1ccc(NC(=O)c2cc(I)ccc2Br)s1. The fourth-order valence-electron chi connectivity index (χ4n) is 1.37. The molecule has 1 aromatic carbocycles. The van der Waals surface area contributed by atoms with E-state index in [2.05, 4.69) is 43.8 Å². The van der Waals surface area contributed by atoms with Gasteiger partial charge < -0.3 is 10.4 Å². The number of amides is 1. The van der Waals surface area contributed by atoms with Gasteiger partial charge in [0.2, 0.25) is 0 Å². The molecule has 7 heteroatoms. The van der Waals surface area contributed by atoms with E-state index in [0.717, 1.165) is 14.9 Å². The van der Waals surface area contributed by atoms with E-state index in [-0.39, 0.29) is 10.8 Å². The van der Waals surface area contributed by atoms with Crippen molar-refractivity contribution in [2.45, 2.75) is 0 Å². The van der Waals surface area contributed by atoms with Crippen molar-refractivity contribution in [3.8, 4) is 0 Å². The molecule has 2 N–H and O–H groups in total. The van der Waals surface area contributed by atoms with Gasteiger partial charge in [0.1, 0.15) is 4.88 Å². The van der Waals surface area contributed by atoms with Crippen molar-refractivity contribution in [1.29, 1.82) is 0 Å². The summed E-state index contributed by atoms with van der Waals surface area (Å²) in [5.41, 5.74) is 0.511. The normalized spacial score (nSPS) is 10.2. The molecule has 0 fully saturated rings. The van der Waals surface area contributed by atoms with Gasteiger partial charge in [0.05, 0.1) is 10.6 Å². The molecule has 0 bridgehead atoms. The van der Waals surface area contributed by atoms with Crippen LogP contribution in [0.3, 0.4) is 0 Å². The minimum atomic E-state index is -0.999. The van der Waals surface area contributed by atoms with Crippen molar-refractivity contribution in [2.75, 3.05) is 5.32 Å². The fraction of sp³-hybridized carbons (Fsp3) is 0. The molecule has 0 spiro atoms. The molecule has 0 aliphatic rings. The zero-order valence-electron chi connectivity index (χ0n) is 9.31. The smallest absolute Gasteiger partial charge is 0.345 e. The number of aromatic carboxylic acids is 1. The van der Waals surface area contributed by atoms with E-state index in [9.17, 15) is 9.59 Å². The highest BCUT2D eigenvalue weighted by atomic mass is 127. The number of nitrogens with one attached hydrogen (secondary N) is 1. The van der Waals surface area contributed by atoms with Crippen molar-refractivity contribution in [3.63, 3.8) is 0 Å². The fourth-order valence-corrected chi connectivity index (χ4v) is 3.03. The van der Waals surface area contributed by atoms with Crippen LogP contribution in [0.15, 0.2) is 34.8 Å². The molecule has 0 radical (unpaired) electrons. The molecule has 2 rings (SSSR count). The number of thiophene rings is 1. The molecule has 1 amide bonds. The second-order valence-electron chi connectivity index (χ2n) is 3.55. The second kappa shape index (κ2) is 6.02. The van der Waals surface area contributed by atoms with Gasteiger partial charge in [-0.05, 0) is 68.9 Å². The molecule has 0 atom stereocenters. The first kappa shape index (κ1) is 14.5. The van der Waals surface area contributed by atoms with Gasteiger partial charge in [0.15, 0.2) is 0 Å². The predicted molar refractivity (Wildman–Crippen MR) is 86.1 cm³/mol. The van der Waals surface area contributed by atoms with Gasteiger partial charge in [-0.3, -0.25) is 4.79 Å². The monoisotopic (exact) mass is 451 g/mol. The lowest BCUT2D eigenvalue weighted by molar-refractivity contribution is 0.0702. The zero-order chi connectivity index (χ0) is 14.0. The van der Waals surface area contributed by atoms with Gasteiger partial charge in [0.25, 0.3) is 5.91 Å². The maximum Gasteiger partial charge on any atom is 0.345 e. The van der Waals surface area contributed by atoms with Crippen LogP contribution in [0, 0.1) is 3.57 Å². The Morgan fingerprint density at radius 3 is 2.63 bits per heavy atom. The third kappa shape index (κ3) is 3.54. The number of carboxylic acids is 1. The van der Waals surface area contributed by atoms with E-state index < -0.39 is 5.97 Å². The van der Waals surface area contributed by atoms with Crippen LogP contribution in [0.1, 0.15) is 20.0 Å². The summed E-state index contributed by atoms with van der Waals surface area (Å²) in [7, 11) is 0. The largest absolute Gasteiger partial charge is 0.477 e. The predicted octanol–water partition coefficient (Wildman–Crippen LogP) is 4.07. The molecule has 0 unspecified atom stereocenters. The topological polar surface area (TPSA) is 66.4 Å². The number of carbonyl (C=O) groups is 2. The number of carbonyl (C=O) groups excluding carboxylic acids is 1. The molecule has 0 saturated carbocycles. The first-order chi connectivity index (χ1) is 8.97. The number of anilines is 1. The van der Waals surface area contributed by atoms with Crippen LogP contribution >= 0.6 is 49.9 Å². The number of hydrogen-bond donors (Lipinski definition) is 2. The Morgan fingerprint density at radius 2 is 2.00 bits per heavy atom. The summed E-state index contributed by atoms with van der Waals surface area (Å²) in [5.74, 6) is -1.27. The molecule has 19 heavy (non-hydrogen) atoms. The van der Waals surface area contributed by atoms with Crippen molar-refractivity contribution in [1.82, 2.24) is 0 Å². The highest BCUT2D eigenvalue weighted by Gasteiger charge is 2.13.